The van der Waals surface area contributed by atoms with Crippen molar-refractivity contribution in [1.82, 2.24) is 20.5 Å². The van der Waals surface area contributed by atoms with Gasteiger partial charge in [-0.3, -0.25) is 19.5 Å². The van der Waals surface area contributed by atoms with Gasteiger partial charge in [0.1, 0.15) is 0 Å². The molecule has 1 aromatic rings. The number of aryl methyl sites for hydroxylation is 1. The quantitative estimate of drug-likeness (QED) is 0.347. The van der Waals surface area contributed by atoms with Gasteiger partial charge in [-0.05, 0) is 25.2 Å². The maximum absolute atomic E-state index is 12.6. The number of aromatic nitrogens is 1. The molecule has 0 spiro atoms. The van der Waals surface area contributed by atoms with Crippen molar-refractivity contribution >= 4 is 29.1 Å². The van der Waals surface area contributed by atoms with Gasteiger partial charge in [-0.25, -0.2) is 4.98 Å². The van der Waals surface area contributed by atoms with Gasteiger partial charge in [0.15, 0.2) is 5.96 Å². The van der Waals surface area contributed by atoms with E-state index in [9.17, 15) is 9.59 Å². The smallest absolute Gasteiger partial charge is 0.233 e. The monoisotopic (exact) mass is 373 g/mol. The standard InChI is InChI=1S/C18H23N5O2S/c1-10-13(26-9-22-10)8-21-18(19-2)20-5-6-23-16(24)14-11-3-4-12(7-11)15(14)17(23)25/h3-4,9,11-12,14-15H,5-8H2,1-2H3,(H2,19,20,21). The molecule has 1 saturated heterocycles. The highest BCUT2D eigenvalue weighted by Gasteiger charge is 2.58. The Morgan fingerprint density at radius 2 is 1.96 bits per heavy atom. The van der Waals surface area contributed by atoms with Crippen LogP contribution in [0.2, 0.25) is 0 Å². The largest absolute Gasteiger partial charge is 0.355 e. The minimum atomic E-state index is -0.121. The van der Waals surface area contributed by atoms with E-state index >= 15 is 0 Å². The fourth-order valence-electron chi connectivity index (χ4n) is 4.35. The number of nitrogens with zero attached hydrogens (tertiary/aromatic N) is 3. The minimum Gasteiger partial charge on any atom is -0.355 e. The molecule has 1 aliphatic heterocycles. The molecule has 2 aliphatic carbocycles. The van der Waals surface area contributed by atoms with E-state index in [1.165, 1.54) is 4.90 Å². The molecular formula is C18H23N5O2S. The summed E-state index contributed by atoms with van der Waals surface area (Å²) >= 11 is 1.60. The zero-order valence-corrected chi connectivity index (χ0v) is 15.8. The number of carbonyl (C=O) groups is 2. The maximum atomic E-state index is 12.6. The van der Waals surface area contributed by atoms with E-state index in [2.05, 4.69) is 32.8 Å². The van der Waals surface area contributed by atoms with Gasteiger partial charge in [0.05, 0.1) is 29.6 Å². The van der Waals surface area contributed by atoms with Crippen molar-refractivity contribution in [3.8, 4) is 0 Å². The van der Waals surface area contributed by atoms with Crippen molar-refractivity contribution in [1.29, 1.82) is 0 Å². The molecule has 0 radical (unpaired) electrons. The molecule has 2 bridgehead atoms. The van der Waals surface area contributed by atoms with Crippen LogP contribution in [0.5, 0.6) is 0 Å². The lowest BCUT2D eigenvalue weighted by Gasteiger charge is -2.18. The second-order valence-electron chi connectivity index (χ2n) is 7.04. The highest BCUT2D eigenvalue weighted by Crippen LogP contribution is 2.52. The number of hydrogen-bond donors (Lipinski definition) is 2. The molecule has 1 aromatic heterocycles. The Labute approximate surface area is 156 Å². The average Bonchev–Trinajstić information content (AvgIpc) is 3.39. The number of imide groups is 1. The highest BCUT2D eigenvalue weighted by atomic mass is 32.1. The van der Waals surface area contributed by atoms with Crippen molar-refractivity contribution in [2.24, 2.45) is 28.7 Å². The first-order valence-corrected chi connectivity index (χ1v) is 9.85. The van der Waals surface area contributed by atoms with Crippen LogP contribution in [0.4, 0.5) is 0 Å². The minimum absolute atomic E-state index is 0.00174. The lowest BCUT2D eigenvalue weighted by atomic mass is 9.85. The molecular weight excluding hydrogens is 350 g/mol. The number of guanidine groups is 1. The Balaban J connectivity index is 1.28. The first-order valence-electron chi connectivity index (χ1n) is 8.97. The molecule has 2 N–H and O–H groups in total. The molecule has 4 unspecified atom stereocenters. The molecule has 2 heterocycles. The lowest BCUT2D eigenvalue weighted by Crippen LogP contribution is -2.43. The van der Waals surface area contributed by atoms with Gasteiger partial charge in [0.25, 0.3) is 0 Å². The molecule has 0 aromatic carbocycles. The summed E-state index contributed by atoms with van der Waals surface area (Å²) < 4.78 is 0. The van der Waals surface area contributed by atoms with Gasteiger partial charge >= 0.3 is 0 Å². The molecule has 2 fully saturated rings. The summed E-state index contributed by atoms with van der Waals surface area (Å²) in [5.74, 6) is 0.934. The van der Waals surface area contributed by atoms with Crippen LogP contribution in [0.1, 0.15) is 17.0 Å². The van der Waals surface area contributed by atoms with Gasteiger partial charge in [0, 0.05) is 25.0 Å². The topological polar surface area (TPSA) is 86.7 Å². The predicted octanol–water partition coefficient (Wildman–Crippen LogP) is 0.924. The molecule has 4 rings (SSSR count). The summed E-state index contributed by atoms with van der Waals surface area (Å²) in [4.78, 5) is 36.3. The number of allylic oxidation sites excluding steroid dienone is 2. The number of carbonyl (C=O) groups excluding carboxylic acids is 2. The van der Waals surface area contributed by atoms with Crippen LogP contribution in [0.15, 0.2) is 22.7 Å². The van der Waals surface area contributed by atoms with Gasteiger partial charge in [0.2, 0.25) is 11.8 Å². The lowest BCUT2D eigenvalue weighted by molar-refractivity contribution is -0.140. The molecule has 8 heteroatoms. The normalized spacial score (nSPS) is 29.6. The molecule has 4 atom stereocenters. The van der Waals surface area contributed by atoms with Gasteiger partial charge in [-0.2, -0.15) is 0 Å². The third kappa shape index (κ3) is 2.82. The van der Waals surface area contributed by atoms with Crippen LogP contribution in [0.3, 0.4) is 0 Å². The van der Waals surface area contributed by atoms with Crippen molar-refractivity contribution in [3.05, 3.63) is 28.2 Å². The second kappa shape index (κ2) is 6.83. The third-order valence-corrected chi connectivity index (χ3v) is 6.61. The molecule has 2 amide bonds. The van der Waals surface area contributed by atoms with Crippen molar-refractivity contribution < 1.29 is 9.59 Å². The first-order chi connectivity index (χ1) is 12.6. The SMILES string of the molecule is CN=C(NCCN1C(=O)C2C3C=CC(C3)C2C1=O)NCc1scnc1C. The molecule has 138 valence electrons. The number of thiazole rings is 1. The van der Waals surface area contributed by atoms with E-state index in [1.807, 2.05) is 12.4 Å². The van der Waals surface area contributed by atoms with Crippen LogP contribution in [-0.4, -0.2) is 47.8 Å². The van der Waals surface area contributed by atoms with Crippen molar-refractivity contribution in [2.75, 3.05) is 20.1 Å². The van der Waals surface area contributed by atoms with E-state index in [-0.39, 0.29) is 35.5 Å². The molecule has 3 aliphatic rings. The Kier molecular flexibility index (Phi) is 4.52. The number of aliphatic imine (C=N–C) groups is 1. The fraction of sp³-hybridized carbons (Fsp3) is 0.556. The Bertz CT molecular complexity index is 756. The van der Waals surface area contributed by atoms with Crippen LogP contribution < -0.4 is 10.6 Å². The van der Waals surface area contributed by atoms with E-state index < -0.39 is 0 Å². The molecule has 26 heavy (non-hydrogen) atoms. The third-order valence-electron chi connectivity index (χ3n) is 5.67. The maximum Gasteiger partial charge on any atom is 0.233 e. The van der Waals surface area contributed by atoms with Crippen LogP contribution in [0, 0.1) is 30.6 Å². The van der Waals surface area contributed by atoms with Crippen LogP contribution >= 0.6 is 11.3 Å². The van der Waals surface area contributed by atoms with E-state index in [1.54, 1.807) is 18.4 Å². The van der Waals surface area contributed by atoms with Crippen molar-refractivity contribution in [3.63, 3.8) is 0 Å². The first kappa shape index (κ1) is 17.2. The molecule has 7 nitrogen and oxygen atoms in total. The second-order valence-corrected chi connectivity index (χ2v) is 7.98. The van der Waals surface area contributed by atoms with Crippen LogP contribution in [-0.2, 0) is 16.1 Å². The fourth-order valence-corrected chi connectivity index (χ4v) is 5.07. The Hall–Kier alpha value is -2.22. The van der Waals surface area contributed by atoms with Gasteiger partial charge in [-0.1, -0.05) is 12.2 Å². The summed E-state index contributed by atoms with van der Waals surface area (Å²) in [5, 5.41) is 6.42. The van der Waals surface area contributed by atoms with E-state index in [0.717, 1.165) is 17.0 Å². The predicted molar refractivity (Wildman–Crippen MR) is 99.5 cm³/mol. The summed E-state index contributed by atoms with van der Waals surface area (Å²) in [6, 6.07) is 0. The Morgan fingerprint density at radius 1 is 1.27 bits per heavy atom. The summed E-state index contributed by atoms with van der Waals surface area (Å²) in [6.45, 7) is 3.50. The van der Waals surface area contributed by atoms with E-state index in [0.29, 0.717) is 25.6 Å². The number of nitrogens with one attached hydrogen (secondary N) is 2. The number of likely N-dealkylation sites (tertiary alicyclic amines) is 1. The highest BCUT2D eigenvalue weighted by molar-refractivity contribution is 7.09. The number of hydrogen-bond acceptors (Lipinski definition) is 5. The summed E-state index contributed by atoms with van der Waals surface area (Å²) in [6.07, 6.45) is 5.20. The van der Waals surface area contributed by atoms with Crippen molar-refractivity contribution in [2.45, 2.75) is 19.9 Å². The molecule has 1 saturated carbocycles. The number of amides is 2. The summed E-state index contributed by atoms with van der Waals surface area (Å²) in [5.41, 5.74) is 2.84. The van der Waals surface area contributed by atoms with E-state index in [4.69, 9.17) is 0 Å². The zero-order chi connectivity index (χ0) is 18.3. The Morgan fingerprint density at radius 3 is 2.54 bits per heavy atom. The average molecular weight is 373 g/mol. The van der Waals surface area contributed by atoms with Crippen LogP contribution in [0.25, 0.3) is 0 Å². The van der Waals surface area contributed by atoms with Gasteiger partial charge in [-0.15, -0.1) is 11.3 Å². The number of fused-ring (bicyclic) bond motifs is 5. The number of rotatable bonds is 5. The summed E-state index contributed by atoms with van der Waals surface area (Å²) in [7, 11) is 1.70. The zero-order valence-electron chi connectivity index (χ0n) is 14.9. The van der Waals surface area contributed by atoms with Gasteiger partial charge < -0.3 is 10.6 Å².